The predicted molar refractivity (Wildman–Crippen MR) is 61.5 cm³/mol. The van der Waals surface area contributed by atoms with Crippen LogP contribution in [0.1, 0.15) is 19.8 Å². The molecule has 1 fully saturated rings. The minimum absolute atomic E-state index is 0.114. The molecule has 1 aliphatic heterocycles. The summed E-state index contributed by atoms with van der Waals surface area (Å²) in [5, 5.41) is 10.6. The van der Waals surface area contributed by atoms with Crippen molar-refractivity contribution in [2.75, 3.05) is 18.0 Å². The maximum Gasteiger partial charge on any atom is 0.274 e. The van der Waals surface area contributed by atoms with Crippen molar-refractivity contribution in [1.29, 1.82) is 0 Å². The number of piperidine rings is 1. The van der Waals surface area contributed by atoms with E-state index >= 15 is 0 Å². The fraction of sp³-hybridized carbons (Fsp3) is 0.545. The van der Waals surface area contributed by atoms with Crippen LogP contribution in [-0.2, 0) is 0 Å². The molecule has 0 aromatic carbocycles. The first-order valence-corrected chi connectivity index (χ1v) is 5.52. The van der Waals surface area contributed by atoms with Crippen molar-refractivity contribution in [3.05, 3.63) is 28.4 Å². The number of hydrogen-bond donors (Lipinski definition) is 0. The van der Waals surface area contributed by atoms with Gasteiger partial charge in [0.1, 0.15) is 5.82 Å². The van der Waals surface area contributed by atoms with Crippen LogP contribution < -0.4 is 4.90 Å². The van der Waals surface area contributed by atoms with Gasteiger partial charge >= 0.3 is 0 Å². The first-order valence-electron chi connectivity index (χ1n) is 5.52. The maximum absolute atomic E-state index is 10.6. The van der Waals surface area contributed by atoms with Gasteiger partial charge in [0.15, 0.2) is 0 Å². The molecule has 2 rings (SSSR count). The van der Waals surface area contributed by atoms with Crippen LogP contribution in [0, 0.1) is 16.0 Å². The second-order valence-electron chi connectivity index (χ2n) is 4.30. The van der Waals surface area contributed by atoms with E-state index < -0.39 is 0 Å². The van der Waals surface area contributed by atoms with E-state index in [4.69, 9.17) is 0 Å². The van der Waals surface area contributed by atoms with Crippen LogP contribution in [0.5, 0.6) is 0 Å². The Morgan fingerprint density at radius 3 is 2.81 bits per heavy atom. The molecule has 2 heterocycles. The van der Waals surface area contributed by atoms with E-state index in [0.717, 1.165) is 37.7 Å². The molecular formula is C11H15N3O2. The Hall–Kier alpha value is -1.65. The van der Waals surface area contributed by atoms with Gasteiger partial charge in [0.25, 0.3) is 5.69 Å². The monoisotopic (exact) mass is 221 g/mol. The minimum atomic E-state index is -0.377. The molecule has 16 heavy (non-hydrogen) atoms. The van der Waals surface area contributed by atoms with Gasteiger partial charge in [-0.1, -0.05) is 6.92 Å². The van der Waals surface area contributed by atoms with Gasteiger partial charge in [-0.2, -0.15) is 0 Å². The number of hydrogen-bond acceptors (Lipinski definition) is 4. The van der Waals surface area contributed by atoms with E-state index in [1.807, 2.05) is 0 Å². The summed E-state index contributed by atoms with van der Waals surface area (Å²) < 4.78 is 0. The molecule has 0 bridgehead atoms. The lowest BCUT2D eigenvalue weighted by molar-refractivity contribution is -0.384. The SMILES string of the molecule is CC1CCN(c2cc([N+](=O)[O-])ccn2)CC1. The molecule has 0 unspecified atom stereocenters. The van der Waals surface area contributed by atoms with Gasteiger partial charge in [-0.05, 0) is 18.8 Å². The normalized spacial score (nSPS) is 17.4. The number of pyridine rings is 1. The van der Waals surface area contributed by atoms with Gasteiger partial charge in [0.05, 0.1) is 11.0 Å². The molecule has 1 aromatic rings. The van der Waals surface area contributed by atoms with Crippen LogP contribution >= 0.6 is 0 Å². The van der Waals surface area contributed by atoms with Gasteiger partial charge in [-0.15, -0.1) is 0 Å². The third-order valence-corrected chi connectivity index (χ3v) is 3.05. The molecule has 0 spiro atoms. The number of rotatable bonds is 2. The van der Waals surface area contributed by atoms with Crippen LogP contribution in [0.2, 0.25) is 0 Å². The van der Waals surface area contributed by atoms with Crippen LogP contribution in [0.25, 0.3) is 0 Å². The smallest absolute Gasteiger partial charge is 0.274 e. The third kappa shape index (κ3) is 2.29. The van der Waals surface area contributed by atoms with E-state index in [1.165, 1.54) is 12.3 Å². The van der Waals surface area contributed by atoms with Crippen molar-refractivity contribution in [2.45, 2.75) is 19.8 Å². The molecule has 1 aromatic heterocycles. The van der Waals surface area contributed by atoms with Crippen molar-refractivity contribution in [2.24, 2.45) is 5.92 Å². The summed E-state index contributed by atoms with van der Waals surface area (Å²) in [6.07, 6.45) is 3.76. The quantitative estimate of drug-likeness (QED) is 0.567. The van der Waals surface area contributed by atoms with Gasteiger partial charge in [-0.25, -0.2) is 4.98 Å². The third-order valence-electron chi connectivity index (χ3n) is 3.05. The van der Waals surface area contributed by atoms with E-state index in [1.54, 1.807) is 6.07 Å². The molecule has 0 radical (unpaired) electrons. The first-order chi connectivity index (χ1) is 7.66. The van der Waals surface area contributed by atoms with Crippen LogP contribution in [-0.4, -0.2) is 23.0 Å². The second kappa shape index (κ2) is 4.47. The highest BCUT2D eigenvalue weighted by molar-refractivity contribution is 5.46. The topological polar surface area (TPSA) is 59.3 Å². The predicted octanol–water partition coefficient (Wildman–Crippen LogP) is 2.23. The summed E-state index contributed by atoms with van der Waals surface area (Å²) in [4.78, 5) is 16.6. The lowest BCUT2D eigenvalue weighted by Gasteiger charge is -2.30. The Balaban J connectivity index is 2.14. The Morgan fingerprint density at radius 2 is 2.19 bits per heavy atom. The number of nitro groups is 1. The van der Waals surface area contributed by atoms with Crippen molar-refractivity contribution in [1.82, 2.24) is 4.98 Å². The van der Waals surface area contributed by atoms with Crippen molar-refractivity contribution in [3.63, 3.8) is 0 Å². The number of anilines is 1. The molecular weight excluding hydrogens is 206 g/mol. The van der Waals surface area contributed by atoms with Crippen molar-refractivity contribution in [3.8, 4) is 0 Å². The Bertz CT molecular complexity index is 387. The molecule has 1 aliphatic rings. The molecule has 86 valence electrons. The summed E-state index contributed by atoms with van der Waals surface area (Å²) in [7, 11) is 0. The van der Waals surface area contributed by atoms with E-state index in [-0.39, 0.29) is 10.6 Å². The fourth-order valence-corrected chi connectivity index (χ4v) is 1.93. The highest BCUT2D eigenvalue weighted by atomic mass is 16.6. The zero-order valence-electron chi connectivity index (χ0n) is 9.30. The second-order valence-corrected chi connectivity index (χ2v) is 4.30. The van der Waals surface area contributed by atoms with Gasteiger partial charge in [0, 0.05) is 25.4 Å². The van der Waals surface area contributed by atoms with Crippen molar-refractivity contribution >= 4 is 11.5 Å². The summed E-state index contributed by atoms with van der Waals surface area (Å²) in [6, 6.07) is 2.98. The first kappa shape index (κ1) is 10.9. The molecule has 0 N–H and O–H groups in total. The van der Waals surface area contributed by atoms with Crippen LogP contribution in [0.4, 0.5) is 11.5 Å². The maximum atomic E-state index is 10.6. The lowest BCUT2D eigenvalue weighted by atomic mass is 9.99. The molecule has 0 amide bonds. The number of aromatic nitrogens is 1. The zero-order valence-corrected chi connectivity index (χ0v) is 9.30. The summed E-state index contributed by atoms with van der Waals surface area (Å²) in [5.74, 6) is 1.47. The molecule has 0 atom stereocenters. The molecule has 0 aliphatic carbocycles. The fourth-order valence-electron chi connectivity index (χ4n) is 1.93. The minimum Gasteiger partial charge on any atom is -0.356 e. The Labute approximate surface area is 94.2 Å². The Morgan fingerprint density at radius 1 is 1.50 bits per heavy atom. The van der Waals surface area contributed by atoms with E-state index in [9.17, 15) is 10.1 Å². The summed E-state index contributed by atoms with van der Waals surface area (Å²) in [6.45, 7) is 4.11. The average molecular weight is 221 g/mol. The highest BCUT2D eigenvalue weighted by Gasteiger charge is 2.18. The zero-order chi connectivity index (χ0) is 11.5. The molecule has 1 saturated heterocycles. The lowest BCUT2D eigenvalue weighted by Crippen LogP contribution is -2.33. The van der Waals surface area contributed by atoms with E-state index in [2.05, 4.69) is 16.8 Å². The summed E-state index contributed by atoms with van der Waals surface area (Å²) in [5.41, 5.74) is 0.114. The van der Waals surface area contributed by atoms with E-state index in [0.29, 0.717) is 0 Å². The largest absolute Gasteiger partial charge is 0.356 e. The van der Waals surface area contributed by atoms with Gasteiger partial charge in [0.2, 0.25) is 0 Å². The molecule has 0 saturated carbocycles. The molecule has 5 nitrogen and oxygen atoms in total. The standard InChI is InChI=1S/C11H15N3O2/c1-9-3-6-13(7-4-9)11-8-10(14(15)16)2-5-12-11/h2,5,8-9H,3-4,6-7H2,1H3. The number of nitrogens with zero attached hydrogens (tertiary/aromatic N) is 3. The Kier molecular flexibility index (Phi) is 3.03. The van der Waals surface area contributed by atoms with Gasteiger partial charge in [-0.3, -0.25) is 10.1 Å². The molecule has 5 heteroatoms. The van der Waals surface area contributed by atoms with Crippen LogP contribution in [0.3, 0.4) is 0 Å². The van der Waals surface area contributed by atoms with Crippen molar-refractivity contribution < 1.29 is 4.92 Å². The van der Waals surface area contributed by atoms with Crippen LogP contribution in [0.15, 0.2) is 18.3 Å². The summed E-state index contributed by atoms with van der Waals surface area (Å²) >= 11 is 0. The average Bonchev–Trinajstić information content (AvgIpc) is 2.30. The highest BCUT2D eigenvalue weighted by Crippen LogP contribution is 2.23. The van der Waals surface area contributed by atoms with Gasteiger partial charge < -0.3 is 4.90 Å².